The SMILES string of the molecule is CC1CCCC(CNC(=O)c2cccc(CN)c2)C1. The molecule has 0 bridgehead atoms. The Kier molecular flexibility index (Phi) is 4.97. The van der Waals surface area contributed by atoms with Gasteiger partial charge in [0.2, 0.25) is 0 Å². The molecule has 0 saturated heterocycles. The summed E-state index contributed by atoms with van der Waals surface area (Å²) in [4.78, 5) is 12.1. The molecule has 1 aliphatic carbocycles. The molecule has 19 heavy (non-hydrogen) atoms. The van der Waals surface area contributed by atoms with Gasteiger partial charge in [-0.1, -0.05) is 31.9 Å². The quantitative estimate of drug-likeness (QED) is 0.874. The zero-order valence-electron chi connectivity index (χ0n) is 11.7. The number of hydrogen-bond donors (Lipinski definition) is 2. The van der Waals surface area contributed by atoms with Gasteiger partial charge in [0.1, 0.15) is 0 Å². The van der Waals surface area contributed by atoms with E-state index in [1.165, 1.54) is 25.7 Å². The molecule has 1 aromatic carbocycles. The lowest BCUT2D eigenvalue weighted by Gasteiger charge is -2.26. The number of carbonyl (C=O) groups is 1. The molecule has 0 aliphatic heterocycles. The Balaban J connectivity index is 1.86. The minimum atomic E-state index is 0.0218. The molecule has 2 rings (SSSR count). The molecule has 1 saturated carbocycles. The van der Waals surface area contributed by atoms with Crippen LogP contribution in [0.15, 0.2) is 24.3 Å². The van der Waals surface area contributed by atoms with Gasteiger partial charge in [-0.15, -0.1) is 0 Å². The van der Waals surface area contributed by atoms with Gasteiger partial charge in [0, 0.05) is 18.7 Å². The van der Waals surface area contributed by atoms with Crippen molar-refractivity contribution >= 4 is 5.91 Å². The van der Waals surface area contributed by atoms with Crippen LogP contribution in [0.4, 0.5) is 0 Å². The third-order valence-corrected chi connectivity index (χ3v) is 4.02. The van der Waals surface area contributed by atoms with E-state index in [0.29, 0.717) is 18.0 Å². The Morgan fingerprint density at radius 1 is 1.42 bits per heavy atom. The lowest BCUT2D eigenvalue weighted by atomic mass is 9.82. The maximum atomic E-state index is 12.1. The van der Waals surface area contributed by atoms with E-state index in [1.54, 1.807) is 0 Å². The second kappa shape index (κ2) is 6.71. The smallest absolute Gasteiger partial charge is 0.251 e. The molecule has 1 amide bonds. The van der Waals surface area contributed by atoms with E-state index in [4.69, 9.17) is 5.73 Å². The predicted molar refractivity (Wildman–Crippen MR) is 77.8 cm³/mol. The van der Waals surface area contributed by atoms with Crippen LogP contribution in [0.2, 0.25) is 0 Å². The standard InChI is InChI=1S/C16H24N2O/c1-12-4-2-6-14(8-12)11-18-16(19)15-7-3-5-13(9-15)10-17/h3,5,7,9,12,14H,2,4,6,8,10-11,17H2,1H3,(H,18,19). The number of hydrogen-bond acceptors (Lipinski definition) is 2. The Hall–Kier alpha value is -1.35. The van der Waals surface area contributed by atoms with Crippen molar-refractivity contribution in [3.05, 3.63) is 35.4 Å². The summed E-state index contributed by atoms with van der Waals surface area (Å²) >= 11 is 0. The first-order chi connectivity index (χ1) is 9.19. The lowest BCUT2D eigenvalue weighted by Crippen LogP contribution is -2.31. The number of carbonyl (C=O) groups excluding carboxylic acids is 1. The van der Waals surface area contributed by atoms with Gasteiger partial charge in [-0.2, -0.15) is 0 Å². The van der Waals surface area contributed by atoms with Gasteiger partial charge >= 0.3 is 0 Å². The molecule has 2 atom stereocenters. The zero-order valence-corrected chi connectivity index (χ0v) is 11.7. The summed E-state index contributed by atoms with van der Waals surface area (Å²) in [5.41, 5.74) is 7.31. The van der Waals surface area contributed by atoms with Crippen LogP contribution in [0.3, 0.4) is 0 Å². The van der Waals surface area contributed by atoms with Gasteiger partial charge in [0.15, 0.2) is 0 Å². The summed E-state index contributed by atoms with van der Waals surface area (Å²) < 4.78 is 0. The molecule has 1 aliphatic rings. The number of nitrogens with one attached hydrogen (secondary N) is 1. The van der Waals surface area contributed by atoms with Crippen molar-refractivity contribution in [3.8, 4) is 0 Å². The van der Waals surface area contributed by atoms with Crippen molar-refractivity contribution in [2.75, 3.05) is 6.54 Å². The van der Waals surface area contributed by atoms with E-state index in [2.05, 4.69) is 12.2 Å². The number of rotatable bonds is 4. The first-order valence-corrected chi connectivity index (χ1v) is 7.26. The Labute approximate surface area is 115 Å². The molecule has 3 nitrogen and oxygen atoms in total. The van der Waals surface area contributed by atoms with Crippen LogP contribution in [-0.2, 0) is 6.54 Å². The third kappa shape index (κ3) is 4.06. The normalized spacial score (nSPS) is 23.1. The van der Waals surface area contributed by atoms with E-state index in [0.717, 1.165) is 18.0 Å². The van der Waals surface area contributed by atoms with Crippen LogP contribution in [0.1, 0.15) is 48.5 Å². The topological polar surface area (TPSA) is 55.1 Å². The number of benzene rings is 1. The van der Waals surface area contributed by atoms with Gasteiger partial charge in [-0.3, -0.25) is 4.79 Å². The average molecular weight is 260 g/mol. The maximum absolute atomic E-state index is 12.1. The highest BCUT2D eigenvalue weighted by Gasteiger charge is 2.19. The summed E-state index contributed by atoms with van der Waals surface area (Å²) in [6.07, 6.45) is 5.12. The fourth-order valence-electron chi connectivity index (χ4n) is 2.92. The molecule has 3 heteroatoms. The van der Waals surface area contributed by atoms with Gasteiger partial charge in [-0.05, 0) is 42.4 Å². The molecule has 0 heterocycles. The van der Waals surface area contributed by atoms with Crippen molar-refractivity contribution in [3.63, 3.8) is 0 Å². The van der Waals surface area contributed by atoms with Gasteiger partial charge < -0.3 is 11.1 Å². The monoisotopic (exact) mass is 260 g/mol. The van der Waals surface area contributed by atoms with E-state index in [1.807, 2.05) is 24.3 Å². The van der Waals surface area contributed by atoms with Gasteiger partial charge in [-0.25, -0.2) is 0 Å². The Morgan fingerprint density at radius 3 is 3.00 bits per heavy atom. The van der Waals surface area contributed by atoms with E-state index >= 15 is 0 Å². The van der Waals surface area contributed by atoms with Crippen LogP contribution in [0, 0.1) is 11.8 Å². The highest BCUT2D eigenvalue weighted by atomic mass is 16.1. The third-order valence-electron chi connectivity index (χ3n) is 4.02. The van der Waals surface area contributed by atoms with Gasteiger partial charge in [0.25, 0.3) is 5.91 Å². The van der Waals surface area contributed by atoms with Crippen molar-refractivity contribution in [1.29, 1.82) is 0 Å². The van der Waals surface area contributed by atoms with E-state index < -0.39 is 0 Å². The van der Waals surface area contributed by atoms with Crippen molar-refractivity contribution in [1.82, 2.24) is 5.32 Å². The van der Waals surface area contributed by atoms with Crippen LogP contribution in [0.25, 0.3) is 0 Å². The minimum absolute atomic E-state index is 0.0218. The summed E-state index contributed by atoms with van der Waals surface area (Å²) in [7, 11) is 0. The molecule has 0 radical (unpaired) electrons. The Morgan fingerprint density at radius 2 is 2.26 bits per heavy atom. The zero-order chi connectivity index (χ0) is 13.7. The van der Waals surface area contributed by atoms with E-state index in [9.17, 15) is 4.79 Å². The molecule has 1 fully saturated rings. The van der Waals surface area contributed by atoms with Crippen LogP contribution < -0.4 is 11.1 Å². The molecule has 104 valence electrons. The molecule has 1 aromatic rings. The van der Waals surface area contributed by atoms with Crippen LogP contribution in [0.5, 0.6) is 0 Å². The van der Waals surface area contributed by atoms with E-state index in [-0.39, 0.29) is 5.91 Å². The second-order valence-electron chi connectivity index (χ2n) is 5.75. The minimum Gasteiger partial charge on any atom is -0.352 e. The summed E-state index contributed by atoms with van der Waals surface area (Å²) in [6.45, 7) is 3.58. The fraction of sp³-hybridized carbons (Fsp3) is 0.562. The van der Waals surface area contributed by atoms with Crippen molar-refractivity contribution in [2.24, 2.45) is 17.6 Å². The van der Waals surface area contributed by atoms with Crippen LogP contribution in [-0.4, -0.2) is 12.5 Å². The molecular formula is C16H24N2O. The Bertz CT molecular complexity index is 431. The summed E-state index contributed by atoms with van der Waals surface area (Å²) in [5.74, 6) is 1.47. The van der Waals surface area contributed by atoms with Gasteiger partial charge in [0.05, 0.1) is 0 Å². The lowest BCUT2D eigenvalue weighted by molar-refractivity contribution is 0.0940. The van der Waals surface area contributed by atoms with Crippen molar-refractivity contribution in [2.45, 2.75) is 39.2 Å². The molecule has 0 aromatic heterocycles. The maximum Gasteiger partial charge on any atom is 0.251 e. The first-order valence-electron chi connectivity index (χ1n) is 7.26. The molecule has 3 N–H and O–H groups in total. The first kappa shape index (κ1) is 14.1. The number of amides is 1. The molecule has 2 unspecified atom stereocenters. The van der Waals surface area contributed by atoms with Crippen molar-refractivity contribution < 1.29 is 4.79 Å². The molecule has 0 spiro atoms. The highest BCUT2D eigenvalue weighted by molar-refractivity contribution is 5.94. The summed E-state index contributed by atoms with van der Waals surface area (Å²) in [6, 6.07) is 7.55. The van der Waals surface area contributed by atoms with Crippen LogP contribution >= 0.6 is 0 Å². The largest absolute Gasteiger partial charge is 0.352 e. The highest BCUT2D eigenvalue weighted by Crippen LogP contribution is 2.27. The second-order valence-corrected chi connectivity index (χ2v) is 5.75. The fourth-order valence-corrected chi connectivity index (χ4v) is 2.92. The predicted octanol–water partition coefficient (Wildman–Crippen LogP) is 2.70. The molecular weight excluding hydrogens is 236 g/mol. The summed E-state index contributed by atoms with van der Waals surface area (Å²) in [5, 5.41) is 3.06. The number of nitrogens with two attached hydrogens (primary N) is 1. The average Bonchev–Trinajstić information content (AvgIpc) is 2.45.